The van der Waals surface area contributed by atoms with Crippen molar-refractivity contribution in [3.05, 3.63) is 48.6 Å². The van der Waals surface area contributed by atoms with E-state index in [0.29, 0.717) is 51.1 Å². The Bertz CT molecular complexity index is 1490. The number of allylic oxidation sites excluding steroid dienone is 8. The molecule has 10 heteroatoms. The molecule has 0 aromatic heterocycles. The van der Waals surface area contributed by atoms with Crippen LogP contribution in [0.1, 0.15) is 260 Å². The minimum atomic E-state index is -0.480. The van der Waals surface area contributed by atoms with Crippen molar-refractivity contribution in [3.63, 3.8) is 0 Å². The van der Waals surface area contributed by atoms with E-state index in [4.69, 9.17) is 0 Å². The van der Waals surface area contributed by atoms with Gasteiger partial charge in [0.15, 0.2) is 0 Å². The maximum absolute atomic E-state index is 14.0. The molecule has 0 radical (unpaired) electrons. The van der Waals surface area contributed by atoms with Crippen LogP contribution in [0.25, 0.3) is 0 Å². The molecular weight excluding hydrogens is 941 g/mol. The van der Waals surface area contributed by atoms with Crippen molar-refractivity contribution in [2.45, 2.75) is 284 Å². The predicted octanol–water partition coefficient (Wildman–Crippen LogP) is 15.1. The number of hydrogen-bond donors (Lipinski definition) is 2. The highest BCUT2D eigenvalue weighted by atomic mass is 16.2. The zero-order chi connectivity index (χ0) is 55.4. The molecule has 4 atom stereocenters. The van der Waals surface area contributed by atoms with E-state index in [1.807, 2.05) is 9.80 Å². The van der Waals surface area contributed by atoms with Crippen LogP contribution in [0.5, 0.6) is 0 Å². The van der Waals surface area contributed by atoms with Gasteiger partial charge in [0.1, 0.15) is 12.1 Å². The Balaban J connectivity index is 1.81. The van der Waals surface area contributed by atoms with Gasteiger partial charge in [-0.15, -0.1) is 0 Å². The number of carbonyl (C=O) groups excluding carboxylic acids is 4. The minimum Gasteiger partial charge on any atom is -0.354 e. The third-order valence-electron chi connectivity index (χ3n) is 16.2. The van der Waals surface area contributed by atoms with E-state index < -0.39 is 12.1 Å². The minimum absolute atomic E-state index is 0.00817. The quantitative estimate of drug-likeness (QED) is 0.0465. The third kappa shape index (κ3) is 32.0. The van der Waals surface area contributed by atoms with E-state index in [9.17, 15) is 19.2 Å². The van der Waals surface area contributed by atoms with Crippen LogP contribution in [-0.4, -0.2) is 121 Å². The summed E-state index contributed by atoms with van der Waals surface area (Å²) < 4.78 is 0. The van der Waals surface area contributed by atoms with Gasteiger partial charge < -0.3 is 30.2 Å². The molecule has 4 amide bonds. The first-order valence-electron chi connectivity index (χ1n) is 32.1. The number of hydrogen-bond acceptors (Lipinski definition) is 6. The van der Waals surface area contributed by atoms with Crippen molar-refractivity contribution < 1.29 is 19.2 Å². The fraction of sp³-hybridized carbons (Fsp3) is 0.818. The smallest absolute Gasteiger partial charge is 0.243 e. The lowest BCUT2D eigenvalue weighted by Gasteiger charge is -2.35. The van der Waals surface area contributed by atoms with Gasteiger partial charge in [-0.1, -0.05) is 167 Å². The second-order valence-electron chi connectivity index (χ2n) is 23.6. The van der Waals surface area contributed by atoms with Gasteiger partial charge in [0.25, 0.3) is 0 Å². The van der Waals surface area contributed by atoms with Gasteiger partial charge in [-0.05, 0) is 167 Å². The van der Waals surface area contributed by atoms with Crippen molar-refractivity contribution >= 4 is 23.6 Å². The summed E-state index contributed by atoms with van der Waals surface area (Å²) in [6, 6.07) is -0.0440. The van der Waals surface area contributed by atoms with Gasteiger partial charge in [-0.2, -0.15) is 0 Å². The lowest BCUT2D eigenvalue weighted by Crippen LogP contribution is -2.53. The largest absolute Gasteiger partial charge is 0.354 e. The molecule has 4 unspecified atom stereocenters. The highest BCUT2D eigenvalue weighted by Crippen LogP contribution is 2.24. The van der Waals surface area contributed by atoms with Crippen LogP contribution in [-0.2, 0) is 19.2 Å². The molecule has 2 fully saturated rings. The molecule has 2 heterocycles. The molecule has 2 N–H and O–H groups in total. The van der Waals surface area contributed by atoms with Crippen LogP contribution in [0.2, 0.25) is 0 Å². The highest BCUT2D eigenvalue weighted by molar-refractivity contribution is 5.88. The number of likely N-dealkylation sites (tertiary alicyclic amines) is 2. The van der Waals surface area contributed by atoms with Gasteiger partial charge in [0.05, 0.1) is 0 Å². The third-order valence-corrected chi connectivity index (χ3v) is 16.2. The van der Waals surface area contributed by atoms with E-state index in [0.717, 1.165) is 129 Å². The van der Waals surface area contributed by atoms with Crippen LogP contribution in [0.3, 0.4) is 0 Å². The Morgan fingerprint density at radius 3 is 1.12 bits per heavy atom. The Labute approximate surface area is 468 Å². The van der Waals surface area contributed by atoms with Crippen LogP contribution >= 0.6 is 0 Å². The summed E-state index contributed by atoms with van der Waals surface area (Å²) in [6.07, 6.45) is 54.8. The number of nitrogens with zero attached hydrogens (tertiary/aromatic N) is 4. The Morgan fingerprint density at radius 2 is 0.789 bits per heavy atom. The van der Waals surface area contributed by atoms with E-state index >= 15 is 0 Å². The molecule has 438 valence electrons. The van der Waals surface area contributed by atoms with Gasteiger partial charge in [0, 0.05) is 51.1 Å². The van der Waals surface area contributed by atoms with Gasteiger partial charge >= 0.3 is 0 Å². The highest BCUT2D eigenvalue weighted by Gasteiger charge is 2.35. The van der Waals surface area contributed by atoms with Crippen molar-refractivity contribution in [3.8, 4) is 0 Å². The fourth-order valence-corrected chi connectivity index (χ4v) is 11.4. The molecule has 0 aliphatic carbocycles. The fourth-order valence-electron chi connectivity index (χ4n) is 11.4. The van der Waals surface area contributed by atoms with Crippen molar-refractivity contribution in [1.82, 2.24) is 30.2 Å². The summed E-state index contributed by atoms with van der Waals surface area (Å²) >= 11 is 0. The first-order valence-corrected chi connectivity index (χ1v) is 32.1. The van der Waals surface area contributed by atoms with E-state index in [1.54, 1.807) is 0 Å². The Morgan fingerprint density at radius 1 is 0.461 bits per heavy atom. The van der Waals surface area contributed by atoms with E-state index in [1.165, 1.54) is 89.9 Å². The van der Waals surface area contributed by atoms with Crippen molar-refractivity contribution in [2.24, 2.45) is 11.8 Å². The average molecular weight is 1060 g/mol. The summed E-state index contributed by atoms with van der Waals surface area (Å²) in [4.78, 5) is 64.6. The first kappa shape index (κ1) is 68.9. The van der Waals surface area contributed by atoms with Crippen LogP contribution in [0.15, 0.2) is 48.6 Å². The normalized spacial score (nSPS) is 17.4. The molecule has 2 saturated heterocycles. The molecule has 2 rings (SSSR count). The molecular formula is C66H120N6O4. The Hall–Kier alpha value is -3.24. The summed E-state index contributed by atoms with van der Waals surface area (Å²) in [5.41, 5.74) is 0. The number of unbranched alkanes of at least 4 members (excludes halogenated alkanes) is 19. The Kier molecular flexibility index (Phi) is 41.3. The molecule has 2 aliphatic heterocycles. The number of amides is 4. The number of carbonyl (C=O) groups is 4. The SMILES string of the molecule is CCCCC/C=C\C/C=C\CCCCCCCC(=O)N(CCC1CCCN1C)C(C(=O)NCCCCCCNC(=O)C(C(C)C)N(CCC1CCCN1C)C(=O)CCCCCCC/C=C\C/C=C\CCCCC)C(C)C. The summed E-state index contributed by atoms with van der Waals surface area (Å²) in [5, 5.41) is 6.46. The molecule has 0 aromatic rings. The monoisotopic (exact) mass is 1060 g/mol. The molecule has 76 heavy (non-hydrogen) atoms. The van der Waals surface area contributed by atoms with Crippen LogP contribution in [0.4, 0.5) is 0 Å². The zero-order valence-corrected chi connectivity index (χ0v) is 50.8. The second kappa shape index (κ2) is 45.6. The van der Waals surface area contributed by atoms with Crippen LogP contribution in [0, 0.1) is 11.8 Å². The first-order chi connectivity index (χ1) is 36.9. The number of nitrogens with one attached hydrogen (secondary N) is 2. The molecule has 0 bridgehead atoms. The average Bonchev–Trinajstić information content (AvgIpc) is 4.02. The lowest BCUT2D eigenvalue weighted by atomic mass is 9.99. The number of rotatable bonds is 47. The molecule has 10 nitrogen and oxygen atoms in total. The van der Waals surface area contributed by atoms with Crippen molar-refractivity contribution in [1.29, 1.82) is 0 Å². The molecule has 2 aliphatic rings. The molecule has 0 saturated carbocycles. The van der Waals surface area contributed by atoms with E-state index in [-0.39, 0.29) is 35.5 Å². The van der Waals surface area contributed by atoms with E-state index in [2.05, 4.69) is 125 Å². The maximum atomic E-state index is 14.0. The summed E-state index contributed by atoms with van der Waals surface area (Å²) in [7, 11) is 4.37. The van der Waals surface area contributed by atoms with Gasteiger partial charge in [0.2, 0.25) is 23.6 Å². The lowest BCUT2D eigenvalue weighted by molar-refractivity contribution is -0.142. The molecule has 0 aromatic carbocycles. The second-order valence-corrected chi connectivity index (χ2v) is 23.6. The standard InChI is InChI=1S/C66H120N6O4/c1-9-11-13-15-17-19-21-23-25-27-29-31-33-35-39-47-61(73)71(55-49-59-45-43-53-69(59)7)63(57(3)4)65(75)67-51-41-37-38-42-52-68-66(76)64(58(5)6)72(56-50-60-46-44-54-70(60)8)62(74)48-40-36-34-32-30-28-26-24-22-20-18-16-14-12-10-2/h17-20,23-26,57-60,63-64H,9-16,21-22,27-56H2,1-8H3,(H,67,75)(H,68,76)/b19-17-,20-18-,25-23-,26-24-. The summed E-state index contributed by atoms with van der Waals surface area (Å²) in [5.74, 6) is 0.178. The van der Waals surface area contributed by atoms with Crippen LogP contribution < -0.4 is 10.6 Å². The van der Waals surface area contributed by atoms with Crippen molar-refractivity contribution in [2.75, 3.05) is 53.4 Å². The van der Waals surface area contributed by atoms with Gasteiger partial charge in [-0.3, -0.25) is 19.2 Å². The zero-order valence-electron chi connectivity index (χ0n) is 50.8. The van der Waals surface area contributed by atoms with Gasteiger partial charge in [-0.25, -0.2) is 0 Å². The maximum Gasteiger partial charge on any atom is 0.243 e. The summed E-state index contributed by atoms with van der Waals surface area (Å²) in [6.45, 7) is 17.4. The molecule has 0 spiro atoms. The predicted molar refractivity (Wildman–Crippen MR) is 324 cm³/mol. The topological polar surface area (TPSA) is 105 Å².